The number of carbonyl (C=O) groups is 5. The highest BCUT2D eigenvalue weighted by atomic mass is 16.4. The lowest BCUT2D eigenvalue weighted by atomic mass is 10.0. The van der Waals surface area contributed by atoms with Crippen molar-refractivity contribution in [1.82, 2.24) is 20.9 Å². The maximum absolute atomic E-state index is 12.8. The van der Waals surface area contributed by atoms with Gasteiger partial charge in [-0.05, 0) is 18.6 Å². The summed E-state index contributed by atoms with van der Waals surface area (Å²) in [5.41, 5.74) is 6.69. The van der Waals surface area contributed by atoms with Gasteiger partial charge < -0.3 is 36.9 Å². The van der Waals surface area contributed by atoms with Crippen LogP contribution in [0.2, 0.25) is 0 Å². The number of rotatable bonds is 11. The lowest BCUT2D eigenvalue weighted by molar-refractivity contribution is -0.147. The topological polar surface area (TPSA) is 204 Å². The second-order valence-electron chi connectivity index (χ2n) is 7.12. The van der Waals surface area contributed by atoms with Gasteiger partial charge in [-0.3, -0.25) is 19.2 Å². The van der Waals surface area contributed by atoms with E-state index in [2.05, 4.69) is 20.9 Å². The van der Waals surface area contributed by atoms with Crippen LogP contribution in [0.5, 0.6) is 0 Å². The van der Waals surface area contributed by atoms with Gasteiger partial charge in [0.1, 0.15) is 18.1 Å². The van der Waals surface area contributed by atoms with Crippen molar-refractivity contribution in [3.8, 4) is 0 Å². The van der Waals surface area contributed by atoms with Crippen LogP contribution in [0, 0.1) is 0 Å². The first-order chi connectivity index (χ1) is 15.1. The highest BCUT2D eigenvalue weighted by Gasteiger charge is 2.30. The van der Waals surface area contributed by atoms with E-state index in [1.165, 1.54) is 6.92 Å². The van der Waals surface area contributed by atoms with Crippen molar-refractivity contribution in [2.24, 2.45) is 5.73 Å². The molecule has 3 atom stereocenters. The Bertz CT molecular complexity index is 1020. The number of aliphatic carboxylic acids is 2. The van der Waals surface area contributed by atoms with Crippen molar-refractivity contribution in [3.63, 3.8) is 0 Å². The molecule has 2 aromatic rings. The molecule has 0 saturated carbocycles. The van der Waals surface area contributed by atoms with Gasteiger partial charge in [-0.1, -0.05) is 18.2 Å². The third-order valence-electron chi connectivity index (χ3n) is 4.68. The summed E-state index contributed by atoms with van der Waals surface area (Å²) in [7, 11) is 0. The molecule has 0 fully saturated rings. The van der Waals surface area contributed by atoms with Crippen LogP contribution in [0.15, 0.2) is 30.5 Å². The third-order valence-corrected chi connectivity index (χ3v) is 4.68. The number of hydrogen-bond acceptors (Lipinski definition) is 6. The molecule has 12 nitrogen and oxygen atoms in total. The van der Waals surface area contributed by atoms with Gasteiger partial charge in [-0.15, -0.1) is 0 Å². The van der Waals surface area contributed by atoms with Crippen LogP contribution < -0.4 is 21.7 Å². The fourth-order valence-electron chi connectivity index (χ4n) is 3.04. The molecule has 1 aromatic carbocycles. The molecular weight excluding hydrogens is 422 g/mol. The number of aromatic amines is 1. The van der Waals surface area contributed by atoms with Crippen LogP contribution in [0.3, 0.4) is 0 Å². The van der Waals surface area contributed by atoms with Crippen LogP contribution >= 0.6 is 0 Å². The normalized spacial score (nSPS) is 13.6. The second-order valence-corrected chi connectivity index (χ2v) is 7.12. The van der Waals surface area contributed by atoms with Crippen LogP contribution in [0.1, 0.15) is 18.9 Å². The molecule has 0 aliphatic rings. The van der Waals surface area contributed by atoms with E-state index in [0.717, 1.165) is 10.9 Å². The van der Waals surface area contributed by atoms with E-state index < -0.39 is 54.2 Å². The summed E-state index contributed by atoms with van der Waals surface area (Å²) >= 11 is 0. The van der Waals surface area contributed by atoms with Crippen molar-refractivity contribution in [2.75, 3.05) is 6.54 Å². The van der Waals surface area contributed by atoms with Crippen LogP contribution in [0.25, 0.3) is 10.9 Å². The van der Waals surface area contributed by atoms with Crippen molar-refractivity contribution in [1.29, 1.82) is 0 Å². The number of carboxylic acid groups (broad SMARTS) is 2. The van der Waals surface area contributed by atoms with Crippen LogP contribution in [-0.4, -0.2) is 69.5 Å². The molecule has 1 aromatic heterocycles. The number of amides is 3. The fourth-order valence-corrected chi connectivity index (χ4v) is 3.04. The monoisotopic (exact) mass is 447 g/mol. The van der Waals surface area contributed by atoms with E-state index in [1.54, 1.807) is 12.3 Å². The average Bonchev–Trinajstić information content (AvgIpc) is 3.14. The summed E-state index contributed by atoms with van der Waals surface area (Å²) in [5, 5.41) is 25.9. The molecule has 32 heavy (non-hydrogen) atoms. The average molecular weight is 447 g/mol. The van der Waals surface area contributed by atoms with Crippen LogP contribution in [-0.2, 0) is 30.4 Å². The molecule has 0 aliphatic heterocycles. The second kappa shape index (κ2) is 10.9. The molecule has 3 unspecified atom stereocenters. The summed E-state index contributed by atoms with van der Waals surface area (Å²) < 4.78 is 0. The molecule has 0 bridgehead atoms. The number of carboxylic acids is 2. The molecule has 12 heteroatoms. The zero-order chi connectivity index (χ0) is 23.8. The van der Waals surface area contributed by atoms with E-state index in [4.69, 9.17) is 10.8 Å². The molecule has 0 radical (unpaired) electrons. The summed E-state index contributed by atoms with van der Waals surface area (Å²) in [6, 6.07) is 3.31. The number of fused-ring (bicyclic) bond motifs is 1. The molecular formula is C20H25N5O7. The first-order valence-corrected chi connectivity index (χ1v) is 9.72. The minimum Gasteiger partial charge on any atom is -0.481 e. The Morgan fingerprint density at radius 3 is 2.28 bits per heavy atom. The van der Waals surface area contributed by atoms with Gasteiger partial charge in [0.05, 0.1) is 13.0 Å². The maximum Gasteiger partial charge on any atom is 0.326 e. The zero-order valence-electron chi connectivity index (χ0n) is 17.3. The minimum absolute atomic E-state index is 0.0153. The SMILES string of the molecule is CC(NC(=O)CN)C(=O)NC(Cc1c[nH]c2ccccc12)C(=O)NC(CC(=O)O)C(=O)O. The molecule has 2 rings (SSSR count). The molecule has 0 spiro atoms. The number of aromatic nitrogens is 1. The van der Waals surface area contributed by atoms with Gasteiger partial charge >= 0.3 is 11.9 Å². The highest BCUT2D eigenvalue weighted by Crippen LogP contribution is 2.19. The number of para-hydroxylation sites is 1. The number of nitrogens with one attached hydrogen (secondary N) is 4. The number of nitrogens with two attached hydrogens (primary N) is 1. The standard InChI is InChI=1S/C20H25N5O7/c1-10(23-16(26)8-21)18(29)24-14(19(30)25-15(20(31)32)7-17(27)28)6-11-9-22-13-5-3-2-4-12(11)13/h2-5,9-10,14-15,22H,6-8,21H2,1H3,(H,23,26)(H,24,29)(H,25,30)(H,27,28)(H,31,32). The third kappa shape index (κ3) is 6.54. The number of H-pyrrole nitrogens is 1. The van der Waals surface area contributed by atoms with E-state index in [0.29, 0.717) is 5.56 Å². The summed E-state index contributed by atoms with van der Waals surface area (Å²) in [5.74, 6) is -5.08. The molecule has 0 saturated heterocycles. The zero-order valence-corrected chi connectivity index (χ0v) is 17.3. The van der Waals surface area contributed by atoms with E-state index >= 15 is 0 Å². The highest BCUT2D eigenvalue weighted by molar-refractivity contribution is 5.94. The molecule has 172 valence electrons. The number of hydrogen-bond donors (Lipinski definition) is 7. The van der Waals surface area contributed by atoms with Gasteiger partial charge in [0.2, 0.25) is 17.7 Å². The Morgan fingerprint density at radius 1 is 1.00 bits per heavy atom. The summed E-state index contributed by atoms with van der Waals surface area (Å²) in [4.78, 5) is 62.1. The van der Waals surface area contributed by atoms with Crippen molar-refractivity contribution < 1.29 is 34.2 Å². The van der Waals surface area contributed by atoms with E-state index in [1.807, 2.05) is 18.2 Å². The van der Waals surface area contributed by atoms with Gasteiger partial charge in [0.15, 0.2) is 0 Å². The first-order valence-electron chi connectivity index (χ1n) is 9.72. The van der Waals surface area contributed by atoms with Crippen molar-refractivity contribution in [2.45, 2.75) is 37.9 Å². The Labute approximate surface area is 182 Å². The van der Waals surface area contributed by atoms with Crippen molar-refractivity contribution in [3.05, 3.63) is 36.0 Å². The van der Waals surface area contributed by atoms with Gasteiger partial charge in [0.25, 0.3) is 0 Å². The Balaban J connectivity index is 2.25. The summed E-state index contributed by atoms with van der Waals surface area (Å²) in [6.45, 7) is 1.07. The lowest BCUT2D eigenvalue weighted by Gasteiger charge is -2.23. The Morgan fingerprint density at radius 2 is 1.66 bits per heavy atom. The Kier molecular flexibility index (Phi) is 8.30. The van der Waals surface area contributed by atoms with E-state index in [-0.39, 0.29) is 13.0 Å². The number of benzene rings is 1. The van der Waals surface area contributed by atoms with Gasteiger partial charge in [-0.2, -0.15) is 0 Å². The lowest BCUT2D eigenvalue weighted by Crippen LogP contribution is -2.56. The molecule has 0 aliphatic carbocycles. The summed E-state index contributed by atoms with van der Waals surface area (Å²) in [6.07, 6.45) is 0.805. The Hall–Kier alpha value is -3.93. The van der Waals surface area contributed by atoms with Crippen LogP contribution in [0.4, 0.5) is 0 Å². The van der Waals surface area contributed by atoms with E-state index in [9.17, 15) is 29.1 Å². The van der Waals surface area contributed by atoms with Crippen molar-refractivity contribution >= 4 is 40.6 Å². The molecule has 3 amide bonds. The predicted molar refractivity (Wildman–Crippen MR) is 112 cm³/mol. The first kappa shape index (κ1) is 24.3. The number of carbonyl (C=O) groups excluding carboxylic acids is 3. The fraction of sp³-hybridized carbons (Fsp3) is 0.350. The van der Waals surface area contributed by atoms with Gasteiger partial charge in [0, 0.05) is 23.5 Å². The quantitative estimate of drug-likeness (QED) is 0.220. The largest absolute Gasteiger partial charge is 0.481 e. The molecule has 1 heterocycles. The van der Waals surface area contributed by atoms with Gasteiger partial charge in [-0.25, -0.2) is 4.79 Å². The maximum atomic E-state index is 12.8. The predicted octanol–water partition coefficient (Wildman–Crippen LogP) is -1.30. The minimum atomic E-state index is -1.68. The molecule has 8 N–H and O–H groups in total. The smallest absolute Gasteiger partial charge is 0.326 e.